The van der Waals surface area contributed by atoms with Gasteiger partial charge in [-0.2, -0.15) is 13.2 Å². The highest BCUT2D eigenvalue weighted by Gasteiger charge is 2.31. The summed E-state index contributed by atoms with van der Waals surface area (Å²) in [6.45, 7) is -1.24. The molecule has 1 atom stereocenters. The van der Waals surface area contributed by atoms with Crippen molar-refractivity contribution in [2.75, 3.05) is 13.7 Å². The highest BCUT2D eigenvalue weighted by atomic mass is 19.4. The van der Waals surface area contributed by atoms with E-state index in [9.17, 15) is 18.0 Å². The number of nitrogens with one attached hydrogen (secondary N) is 1. The van der Waals surface area contributed by atoms with E-state index in [0.717, 1.165) is 0 Å². The smallest absolute Gasteiger partial charge is 0.401 e. The number of carbonyl (C=O) groups is 1. The Morgan fingerprint density at radius 3 is 2.58 bits per heavy atom. The molecule has 0 aliphatic heterocycles. The molecule has 1 unspecified atom stereocenters. The summed E-state index contributed by atoms with van der Waals surface area (Å²) in [5.41, 5.74) is 0.799. The third-order valence-corrected chi connectivity index (χ3v) is 2.42. The summed E-state index contributed by atoms with van der Waals surface area (Å²) in [6.07, 6.45) is -4.47. The molecule has 0 bridgehead atoms. The summed E-state index contributed by atoms with van der Waals surface area (Å²) in [6, 6.07) is 4.90. The van der Waals surface area contributed by atoms with Crippen molar-refractivity contribution in [1.82, 2.24) is 5.32 Å². The van der Waals surface area contributed by atoms with Gasteiger partial charge >= 0.3 is 12.1 Å². The van der Waals surface area contributed by atoms with Crippen molar-refractivity contribution >= 4 is 5.97 Å². The highest BCUT2D eigenvalue weighted by Crippen LogP contribution is 2.21. The normalized spacial score (nSPS) is 13.3. The minimum Gasteiger partial charge on any atom is -0.480 e. The molecule has 0 saturated carbocycles. The lowest BCUT2D eigenvalue weighted by Gasteiger charge is -2.19. The van der Waals surface area contributed by atoms with Crippen LogP contribution in [0.1, 0.15) is 17.2 Å². The molecule has 0 saturated heterocycles. The quantitative estimate of drug-likeness (QED) is 0.836. The molecular formula is C12H14F3NO3. The molecule has 0 amide bonds. The molecule has 0 spiro atoms. The number of benzene rings is 1. The summed E-state index contributed by atoms with van der Waals surface area (Å²) in [7, 11) is 1.43. The number of hydrogen-bond acceptors (Lipinski definition) is 3. The van der Waals surface area contributed by atoms with Crippen LogP contribution in [-0.4, -0.2) is 30.9 Å². The predicted molar refractivity (Wildman–Crippen MR) is 61.6 cm³/mol. The van der Waals surface area contributed by atoms with Gasteiger partial charge in [-0.3, -0.25) is 10.1 Å². The first-order valence-corrected chi connectivity index (χ1v) is 5.45. The lowest BCUT2D eigenvalue weighted by atomic mass is 10.0. The fraction of sp³-hybridized carbons (Fsp3) is 0.417. The summed E-state index contributed by atoms with van der Waals surface area (Å²) in [5.74, 6) is -1.37. The fourth-order valence-electron chi connectivity index (χ4n) is 1.65. The van der Waals surface area contributed by atoms with Crippen molar-refractivity contribution in [2.45, 2.75) is 18.8 Å². The van der Waals surface area contributed by atoms with Crippen molar-refractivity contribution in [2.24, 2.45) is 0 Å². The molecule has 0 fully saturated rings. The largest absolute Gasteiger partial charge is 0.480 e. The Kier molecular flexibility index (Phi) is 5.31. The minimum atomic E-state index is -4.47. The van der Waals surface area contributed by atoms with Crippen LogP contribution < -0.4 is 5.32 Å². The van der Waals surface area contributed by atoms with Crippen LogP contribution in [0.5, 0.6) is 0 Å². The van der Waals surface area contributed by atoms with Crippen LogP contribution in [0, 0.1) is 0 Å². The highest BCUT2D eigenvalue weighted by molar-refractivity contribution is 5.76. The van der Waals surface area contributed by atoms with Crippen molar-refractivity contribution < 1.29 is 27.8 Å². The van der Waals surface area contributed by atoms with Gasteiger partial charge in [0.1, 0.15) is 6.04 Å². The van der Waals surface area contributed by atoms with Gasteiger partial charge < -0.3 is 9.84 Å². The molecule has 7 heteroatoms. The molecule has 0 aliphatic rings. The third-order valence-electron chi connectivity index (χ3n) is 2.42. The lowest BCUT2D eigenvalue weighted by Crippen LogP contribution is -2.36. The second-order valence-corrected chi connectivity index (χ2v) is 3.90. The summed E-state index contributed by atoms with van der Waals surface area (Å²) < 4.78 is 41.4. The van der Waals surface area contributed by atoms with Gasteiger partial charge in [0.25, 0.3) is 0 Å². The predicted octanol–water partition coefficient (Wildman–Crippen LogP) is 2.11. The van der Waals surface area contributed by atoms with Crippen LogP contribution in [-0.2, 0) is 16.1 Å². The Hall–Kier alpha value is -1.60. The molecule has 1 aromatic carbocycles. The van der Waals surface area contributed by atoms with Crippen LogP contribution >= 0.6 is 0 Å². The lowest BCUT2D eigenvalue weighted by molar-refractivity contribution is -0.143. The van der Waals surface area contributed by atoms with Crippen molar-refractivity contribution in [1.29, 1.82) is 0 Å². The van der Waals surface area contributed by atoms with E-state index in [4.69, 9.17) is 9.84 Å². The number of rotatable bonds is 6. The summed E-state index contributed by atoms with van der Waals surface area (Å²) >= 11 is 0. The number of halogens is 3. The summed E-state index contributed by atoms with van der Waals surface area (Å²) in [5, 5.41) is 11.0. The minimum absolute atomic E-state index is 0.133. The van der Waals surface area contributed by atoms with Crippen LogP contribution in [0.3, 0.4) is 0 Å². The standard InChI is InChI=1S/C12H14F3NO3/c1-19-6-8-4-2-3-5-9(8)10(11(17)18)16-7-12(13,14)15/h2-5,10,16H,6-7H2,1H3,(H,17,18). The Labute approximate surface area is 108 Å². The SMILES string of the molecule is COCc1ccccc1C(NCC(F)(F)F)C(=O)O. The molecule has 1 rings (SSSR count). The number of methoxy groups -OCH3 is 1. The molecule has 2 N–H and O–H groups in total. The molecule has 0 radical (unpaired) electrons. The molecule has 0 aliphatic carbocycles. The molecule has 19 heavy (non-hydrogen) atoms. The van der Waals surface area contributed by atoms with Gasteiger partial charge in [0, 0.05) is 7.11 Å². The number of ether oxygens (including phenoxy) is 1. The zero-order chi connectivity index (χ0) is 14.5. The van der Waals surface area contributed by atoms with Crippen molar-refractivity contribution in [3.05, 3.63) is 35.4 Å². The maximum atomic E-state index is 12.2. The third kappa shape index (κ3) is 4.88. The van der Waals surface area contributed by atoms with E-state index < -0.39 is 24.7 Å². The van der Waals surface area contributed by atoms with E-state index in [-0.39, 0.29) is 12.2 Å². The van der Waals surface area contributed by atoms with Crippen LogP contribution in [0.2, 0.25) is 0 Å². The van der Waals surface area contributed by atoms with Crippen molar-refractivity contribution in [3.63, 3.8) is 0 Å². The first-order valence-electron chi connectivity index (χ1n) is 5.45. The van der Waals surface area contributed by atoms with Gasteiger partial charge in [-0.1, -0.05) is 24.3 Å². The van der Waals surface area contributed by atoms with E-state index >= 15 is 0 Å². The van der Waals surface area contributed by atoms with E-state index in [2.05, 4.69) is 0 Å². The van der Waals surface area contributed by atoms with Crippen molar-refractivity contribution in [3.8, 4) is 0 Å². The van der Waals surface area contributed by atoms with Gasteiger partial charge in [-0.25, -0.2) is 0 Å². The first kappa shape index (κ1) is 15.5. The maximum absolute atomic E-state index is 12.2. The molecule has 0 aromatic heterocycles. The molecule has 1 aromatic rings. The zero-order valence-electron chi connectivity index (χ0n) is 10.2. The van der Waals surface area contributed by atoms with Gasteiger partial charge in [-0.15, -0.1) is 0 Å². The average Bonchev–Trinajstić information content (AvgIpc) is 2.30. The topological polar surface area (TPSA) is 58.6 Å². The van der Waals surface area contributed by atoms with E-state index in [1.54, 1.807) is 18.2 Å². The first-order chi connectivity index (χ1) is 8.85. The Morgan fingerprint density at radius 2 is 2.05 bits per heavy atom. The van der Waals surface area contributed by atoms with Gasteiger partial charge in [0.05, 0.1) is 13.2 Å². The number of carboxylic acid groups (broad SMARTS) is 1. The van der Waals surface area contributed by atoms with Crippen LogP contribution in [0.4, 0.5) is 13.2 Å². The zero-order valence-corrected chi connectivity index (χ0v) is 10.2. The maximum Gasteiger partial charge on any atom is 0.401 e. The van der Waals surface area contributed by atoms with Crippen LogP contribution in [0.15, 0.2) is 24.3 Å². The number of aliphatic carboxylic acids is 1. The number of carboxylic acids is 1. The van der Waals surface area contributed by atoms with E-state index in [1.807, 2.05) is 5.32 Å². The Balaban J connectivity index is 2.96. The van der Waals surface area contributed by atoms with Gasteiger partial charge in [-0.05, 0) is 11.1 Å². The Bertz CT molecular complexity index is 434. The monoisotopic (exact) mass is 277 g/mol. The second kappa shape index (κ2) is 6.53. The van der Waals surface area contributed by atoms with Gasteiger partial charge in [0.15, 0.2) is 0 Å². The average molecular weight is 277 g/mol. The Morgan fingerprint density at radius 1 is 1.42 bits per heavy atom. The summed E-state index contributed by atoms with van der Waals surface area (Å²) in [4.78, 5) is 11.1. The molecule has 106 valence electrons. The molecule has 4 nitrogen and oxygen atoms in total. The molecule has 0 heterocycles. The second-order valence-electron chi connectivity index (χ2n) is 3.90. The van der Waals surface area contributed by atoms with E-state index in [0.29, 0.717) is 5.56 Å². The van der Waals surface area contributed by atoms with Gasteiger partial charge in [0.2, 0.25) is 0 Å². The number of hydrogen-bond donors (Lipinski definition) is 2. The number of alkyl halides is 3. The van der Waals surface area contributed by atoms with Crippen LogP contribution in [0.25, 0.3) is 0 Å². The van der Waals surface area contributed by atoms with E-state index in [1.165, 1.54) is 13.2 Å². The fourth-order valence-corrected chi connectivity index (χ4v) is 1.65. The molecular weight excluding hydrogens is 263 g/mol.